The Labute approximate surface area is 116 Å². The van der Waals surface area contributed by atoms with E-state index in [0.717, 1.165) is 8.66 Å². The molecular weight excluding hydrogens is 322 g/mol. The van der Waals surface area contributed by atoms with Gasteiger partial charge < -0.3 is 0 Å². The maximum Gasteiger partial charge on any atom is 0.134 e. The molecule has 0 aliphatic rings. The first-order chi connectivity index (χ1) is 8.54. The lowest BCUT2D eigenvalue weighted by Crippen LogP contribution is -2.30. The lowest BCUT2D eigenvalue weighted by atomic mass is 10.0. The van der Waals surface area contributed by atoms with E-state index < -0.39 is 17.7 Å². The Morgan fingerprint density at radius 1 is 1.28 bits per heavy atom. The zero-order chi connectivity index (χ0) is 13.3. The van der Waals surface area contributed by atoms with Crippen molar-refractivity contribution in [3.8, 4) is 0 Å². The molecule has 0 radical (unpaired) electrons. The molecule has 1 aromatic carbocycles. The van der Waals surface area contributed by atoms with Gasteiger partial charge in [0.2, 0.25) is 0 Å². The number of hydrogen-bond acceptors (Lipinski definition) is 3. The number of rotatable bonds is 3. The van der Waals surface area contributed by atoms with E-state index in [-0.39, 0.29) is 5.56 Å². The van der Waals surface area contributed by atoms with Crippen molar-refractivity contribution in [1.29, 1.82) is 0 Å². The third-order valence-electron chi connectivity index (χ3n) is 2.65. The van der Waals surface area contributed by atoms with Crippen molar-refractivity contribution in [3.63, 3.8) is 0 Å². The van der Waals surface area contributed by atoms with Gasteiger partial charge in [0.1, 0.15) is 11.6 Å². The zero-order valence-electron chi connectivity index (χ0n) is 9.51. The Balaban J connectivity index is 2.55. The Bertz CT molecular complexity index is 571. The summed E-state index contributed by atoms with van der Waals surface area (Å²) in [6.07, 6.45) is 0. The minimum absolute atomic E-state index is 0.0492. The lowest BCUT2D eigenvalue weighted by Gasteiger charge is -2.17. The Kier molecular flexibility index (Phi) is 4.11. The van der Waals surface area contributed by atoms with Gasteiger partial charge >= 0.3 is 0 Å². The van der Waals surface area contributed by atoms with Gasteiger partial charge in [-0.05, 0) is 46.6 Å². The number of thiophene rings is 1. The molecule has 1 atom stereocenters. The molecule has 3 N–H and O–H groups in total. The van der Waals surface area contributed by atoms with Gasteiger partial charge in [0.15, 0.2) is 0 Å². The Morgan fingerprint density at radius 2 is 2.00 bits per heavy atom. The number of halogens is 3. The number of aryl methyl sites for hydroxylation is 1. The van der Waals surface area contributed by atoms with Crippen LogP contribution in [0.5, 0.6) is 0 Å². The van der Waals surface area contributed by atoms with Crippen LogP contribution in [-0.4, -0.2) is 0 Å². The number of hydrazine groups is 1. The quantitative estimate of drug-likeness (QED) is 0.665. The molecule has 2 aromatic rings. The van der Waals surface area contributed by atoms with Gasteiger partial charge in [-0.3, -0.25) is 5.84 Å². The summed E-state index contributed by atoms with van der Waals surface area (Å²) >= 11 is 4.70. The number of nitrogens with two attached hydrogens (primary N) is 1. The van der Waals surface area contributed by atoms with Crippen molar-refractivity contribution in [1.82, 2.24) is 5.43 Å². The van der Waals surface area contributed by atoms with Crippen LogP contribution >= 0.6 is 27.3 Å². The molecule has 96 valence electrons. The summed E-state index contributed by atoms with van der Waals surface area (Å²) in [4.78, 5) is 0.743. The molecule has 0 amide bonds. The highest BCUT2D eigenvalue weighted by molar-refractivity contribution is 9.11. The van der Waals surface area contributed by atoms with E-state index in [1.807, 2.05) is 6.07 Å². The topological polar surface area (TPSA) is 38.0 Å². The van der Waals surface area contributed by atoms with Gasteiger partial charge in [-0.25, -0.2) is 14.2 Å². The monoisotopic (exact) mass is 332 g/mol. The van der Waals surface area contributed by atoms with Crippen LogP contribution in [-0.2, 0) is 0 Å². The van der Waals surface area contributed by atoms with Crippen LogP contribution in [0.2, 0.25) is 0 Å². The van der Waals surface area contributed by atoms with Crippen LogP contribution in [0.15, 0.2) is 28.1 Å². The van der Waals surface area contributed by atoms with Gasteiger partial charge in [0.25, 0.3) is 0 Å². The summed E-state index contributed by atoms with van der Waals surface area (Å²) in [5.74, 6) is 4.27. The second-order valence-corrected chi connectivity index (χ2v) is 6.33. The van der Waals surface area contributed by atoms with Crippen molar-refractivity contribution in [2.24, 2.45) is 5.84 Å². The molecule has 0 aliphatic carbocycles. The van der Waals surface area contributed by atoms with Crippen LogP contribution in [0.3, 0.4) is 0 Å². The van der Waals surface area contributed by atoms with E-state index >= 15 is 0 Å². The van der Waals surface area contributed by atoms with Crippen molar-refractivity contribution in [2.75, 3.05) is 0 Å². The van der Waals surface area contributed by atoms with Gasteiger partial charge in [0, 0.05) is 10.4 Å². The predicted molar refractivity (Wildman–Crippen MR) is 72.3 cm³/mol. The molecule has 18 heavy (non-hydrogen) atoms. The van der Waals surface area contributed by atoms with E-state index in [4.69, 9.17) is 5.84 Å². The summed E-state index contributed by atoms with van der Waals surface area (Å²) in [7, 11) is 0. The smallest absolute Gasteiger partial charge is 0.134 e. The van der Waals surface area contributed by atoms with Gasteiger partial charge in [0.05, 0.1) is 9.83 Å². The summed E-state index contributed by atoms with van der Waals surface area (Å²) in [5, 5.41) is 0. The minimum atomic E-state index is -0.693. The molecule has 1 heterocycles. The molecule has 2 rings (SSSR count). The molecular formula is C12H11BrF2N2S. The van der Waals surface area contributed by atoms with Crippen molar-refractivity contribution < 1.29 is 8.78 Å². The van der Waals surface area contributed by atoms with Crippen molar-refractivity contribution in [3.05, 3.63) is 55.7 Å². The molecule has 1 unspecified atom stereocenters. The summed E-state index contributed by atoms with van der Waals surface area (Å²) in [6, 6.07) is 5.56. The van der Waals surface area contributed by atoms with E-state index in [2.05, 4.69) is 21.4 Å². The van der Waals surface area contributed by atoms with E-state index in [1.165, 1.54) is 23.5 Å². The molecule has 2 nitrogen and oxygen atoms in total. The first-order valence-electron chi connectivity index (χ1n) is 5.20. The van der Waals surface area contributed by atoms with Crippen LogP contribution in [0.4, 0.5) is 8.78 Å². The maximum atomic E-state index is 14.0. The van der Waals surface area contributed by atoms with Gasteiger partial charge in [-0.1, -0.05) is 6.07 Å². The van der Waals surface area contributed by atoms with Crippen LogP contribution in [0.25, 0.3) is 0 Å². The molecule has 0 aliphatic heterocycles. The SMILES string of the molecule is Cc1ccc(F)c(C(NN)c2ccc(Br)s2)c1F. The highest BCUT2D eigenvalue weighted by Gasteiger charge is 2.23. The van der Waals surface area contributed by atoms with Crippen LogP contribution in [0.1, 0.15) is 22.0 Å². The zero-order valence-corrected chi connectivity index (χ0v) is 11.9. The van der Waals surface area contributed by atoms with E-state index in [9.17, 15) is 8.78 Å². The van der Waals surface area contributed by atoms with Gasteiger partial charge in [-0.15, -0.1) is 11.3 Å². The van der Waals surface area contributed by atoms with Crippen LogP contribution < -0.4 is 11.3 Å². The molecule has 0 saturated heterocycles. The first-order valence-corrected chi connectivity index (χ1v) is 6.81. The standard InChI is InChI=1S/C12H11BrF2N2S/c1-6-2-3-7(14)10(11(6)15)12(17-16)8-4-5-9(13)18-8/h2-5,12,17H,16H2,1H3. The van der Waals surface area contributed by atoms with Crippen LogP contribution in [0, 0.1) is 18.6 Å². The minimum Gasteiger partial charge on any atom is -0.271 e. The second kappa shape index (κ2) is 5.44. The van der Waals surface area contributed by atoms with Gasteiger partial charge in [-0.2, -0.15) is 0 Å². The predicted octanol–water partition coefficient (Wildman–Crippen LogP) is 3.65. The molecule has 0 fully saturated rings. The third kappa shape index (κ3) is 2.47. The Morgan fingerprint density at radius 3 is 2.56 bits per heavy atom. The average Bonchev–Trinajstić information content (AvgIpc) is 2.76. The highest BCUT2D eigenvalue weighted by Crippen LogP contribution is 2.33. The fourth-order valence-electron chi connectivity index (χ4n) is 1.73. The third-order valence-corrected chi connectivity index (χ3v) is 4.34. The van der Waals surface area contributed by atoms with E-state index in [1.54, 1.807) is 13.0 Å². The molecule has 0 bridgehead atoms. The number of nitrogens with one attached hydrogen (secondary N) is 1. The Hall–Kier alpha value is -0.820. The first kappa shape index (κ1) is 13.6. The summed E-state index contributed by atoms with van der Waals surface area (Å²) in [6.45, 7) is 1.59. The summed E-state index contributed by atoms with van der Waals surface area (Å²) in [5.41, 5.74) is 2.81. The number of benzene rings is 1. The maximum absolute atomic E-state index is 14.0. The lowest BCUT2D eigenvalue weighted by molar-refractivity contribution is 0.509. The normalized spacial score (nSPS) is 12.7. The van der Waals surface area contributed by atoms with Crippen molar-refractivity contribution in [2.45, 2.75) is 13.0 Å². The highest BCUT2D eigenvalue weighted by atomic mass is 79.9. The molecule has 6 heteroatoms. The van der Waals surface area contributed by atoms with E-state index in [0.29, 0.717) is 5.56 Å². The number of hydrogen-bond donors (Lipinski definition) is 2. The molecule has 1 aromatic heterocycles. The molecule has 0 spiro atoms. The average molecular weight is 333 g/mol. The second-order valence-electron chi connectivity index (χ2n) is 3.83. The largest absolute Gasteiger partial charge is 0.271 e. The fourth-order valence-corrected chi connectivity index (χ4v) is 3.23. The van der Waals surface area contributed by atoms with Crippen molar-refractivity contribution >= 4 is 27.3 Å². The molecule has 0 saturated carbocycles. The summed E-state index contributed by atoms with van der Waals surface area (Å²) < 4.78 is 28.7. The fraction of sp³-hybridized carbons (Fsp3) is 0.167.